The summed E-state index contributed by atoms with van der Waals surface area (Å²) in [5.41, 5.74) is -0.604. The van der Waals surface area contributed by atoms with Crippen LogP contribution in [0.5, 0.6) is 5.75 Å². The highest BCUT2D eigenvalue weighted by atomic mass is 32.5. The second-order valence-electron chi connectivity index (χ2n) is 9.19. The zero-order chi connectivity index (χ0) is 25.5. The maximum Gasteiger partial charge on any atom is 0.310 e. The Hall–Kier alpha value is -2.66. The van der Waals surface area contributed by atoms with Crippen molar-refractivity contribution in [2.24, 2.45) is 5.92 Å². The summed E-state index contributed by atoms with van der Waals surface area (Å²) in [5.74, 6) is 1.52. The molecule has 192 valence electrons. The zero-order valence-electron chi connectivity index (χ0n) is 19.5. The Morgan fingerprint density at radius 2 is 1.80 bits per heavy atom. The van der Waals surface area contributed by atoms with Gasteiger partial charge in [-0.05, 0) is 81.1 Å². The minimum absolute atomic E-state index is 0.0857. The third-order valence-electron chi connectivity index (χ3n) is 6.18. The fourth-order valence-corrected chi connectivity index (χ4v) is 5.14. The molecule has 1 fully saturated rings. The maximum absolute atomic E-state index is 13.3. The van der Waals surface area contributed by atoms with Crippen LogP contribution in [0.15, 0.2) is 52.2 Å². The highest BCUT2D eigenvalue weighted by molar-refractivity contribution is 8.45. The summed E-state index contributed by atoms with van der Waals surface area (Å²) >= 11 is 0. The highest BCUT2D eigenvalue weighted by Crippen LogP contribution is 3.02. The second kappa shape index (κ2) is 8.48. The third kappa shape index (κ3) is 5.95. The van der Waals surface area contributed by atoms with Gasteiger partial charge in [0.2, 0.25) is 0 Å². The van der Waals surface area contributed by atoms with E-state index >= 15 is 0 Å². The van der Waals surface area contributed by atoms with Crippen LogP contribution in [0.1, 0.15) is 32.0 Å². The molecule has 0 aliphatic carbocycles. The van der Waals surface area contributed by atoms with E-state index in [0.717, 1.165) is 36.7 Å². The monoisotopic (exact) mass is 517 g/mol. The first-order chi connectivity index (χ1) is 16.2. The number of rotatable bonds is 7. The molecule has 4 rings (SSSR count). The fraction of sp³-hybridized carbons (Fsp3) is 0.417. The summed E-state index contributed by atoms with van der Waals surface area (Å²) in [6.45, 7) is 7.47. The fourth-order valence-electron chi connectivity index (χ4n) is 4.48. The quantitative estimate of drug-likeness (QED) is 0.254. The molecule has 2 heterocycles. The van der Waals surface area contributed by atoms with E-state index in [-0.39, 0.29) is 23.5 Å². The number of aromatic nitrogens is 2. The molecule has 35 heavy (non-hydrogen) atoms. The molecule has 2 aromatic carbocycles. The van der Waals surface area contributed by atoms with Crippen molar-refractivity contribution in [1.82, 2.24) is 14.5 Å². The molecule has 3 aromatic rings. The second-order valence-corrected chi connectivity index (χ2v) is 11.6. The van der Waals surface area contributed by atoms with Gasteiger partial charge in [-0.1, -0.05) is 26.4 Å². The lowest BCUT2D eigenvalue weighted by Gasteiger charge is -2.40. The van der Waals surface area contributed by atoms with Gasteiger partial charge < -0.3 is 9.64 Å². The number of nitrogens with zero attached hydrogens (tertiary/aromatic N) is 3. The number of halogens is 5. The third-order valence-corrected chi connectivity index (χ3v) is 7.32. The summed E-state index contributed by atoms with van der Waals surface area (Å²) in [6.07, 6.45) is 3.36. The van der Waals surface area contributed by atoms with Gasteiger partial charge in [-0.3, -0.25) is 9.36 Å². The molecule has 0 radical (unpaired) electrons. The van der Waals surface area contributed by atoms with Crippen LogP contribution in [0, 0.1) is 12.8 Å². The van der Waals surface area contributed by atoms with Crippen LogP contribution in [-0.2, 0) is 0 Å². The smallest absolute Gasteiger partial charge is 0.310 e. The Kier molecular flexibility index (Phi) is 6.16. The lowest BCUT2D eigenvalue weighted by Crippen LogP contribution is -2.35. The number of fused-ring (bicyclic) bond motifs is 1. The first kappa shape index (κ1) is 25.4. The van der Waals surface area contributed by atoms with Crippen molar-refractivity contribution in [3.8, 4) is 11.4 Å². The Morgan fingerprint density at radius 3 is 2.46 bits per heavy atom. The van der Waals surface area contributed by atoms with Crippen LogP contribution in [0.2, 0.25) is 0 Å². The van der Waals surface area contributed by atoms with Crippen molar-refractivity contribution in [2.45, 2.75) is 38.0 Å². The van der Waals surface area contributed by atoms with E-state index in [2.05, 4.69) is 16.8 Å². The first-order valence-electron chi connectivity index (χ1n) is 11.4. The molecule has 0 N–H and O–H groups in total. The van der Waals surface area contributed by atoms with E-state index in [4.69, 9.17) is 4.74 Å². The molecule has 0 spiro atoms. The number of ether oxygens (including phenoxy) is 1. The number of aryl methyl sites for hydroxylation is 1. The van der Waals surface area contributed by atoms with E-state index in [1.54, 1.807) is 24.3 Å². The van der Waals surface area contributed by atoms with E-state index in [1.165, 1.54) is 19.8 Å². The maximum atomic E-state index is 13.3. The average Bonchev–Trinajstić information content (AvgIpc) is 2.76. The molecule has 11 heteroatoms. The van der Waals surface area contributed by atoms with Crippen LogP contribution in [0.3, 0.4) is 0 Å². The lowest BCUT2D eigenvalue weighted by molar-refractivity contribution is 0.170. The van der Waals surface area contributed by atoms with Crippen LogP contribution in [-0.4, -0.2) is 40.7 Å². The van der Waals surface area contributed by atoms with Crippen molar-refractivity contribution in [3.05, 3.63) is 58.6 Å². The topological polar surface area (TPSA) is 47.4 Å². The summed E-state index contributed by atoms with van der Waals surface area (Å²) < 4.78 is 73.2. The average molecular weight is 518 g/mol. The molecule has 0 amide bonds. The number of benzene rings is 2. The van der Waals surface area contributed by atoms with Crippen molar-refractivity contribution in [3.63, 3.8) is 0 Å². The predicted molar refractivity (Wildman–Crippen MR) is 128 cm³/mol. The summed E-state index contributed by atoms with van der Waals surface area (Å²) in [4.78, 5) is 17.5. The number of piperidine rings is 1. The van der Waals surface area contributed by atoms with Crippen molar-refractivity contribution >= 4 is 21.1 Å². The van der Waals surface area contributed by atoms with Crippen molar-refractivity contribution in [1.29, 1.82) is 0 Å². The van der Waals surface area contributed by atoms with Crippen LogP contribution in [0.25, 0.3) is 16.6 Å². The summed E-state index contributed by atoms with van der Waals surface area (Å²) in [5, 5.41) is -0.534. The SMILES string of the molecule is Cc1nc2ccc(S(F)(F)(F)(F)F)cc2c(=O)n1-c1ccc(OCCCN2CCC[C@H](C)C2)cc1. The van der Waals surface area contributed by atoms with Crippen LogP contribution in [0.4, 0.5) is 19.4 Å². The van der Waals surface area contributed by atoms with Crippen LogP contribution >= 0.6 is 10.2 Å². The molecule has 1 aromatic heterocycles. The van der Waals surface area contributed by atoms with Gasteiger partial charge in [-0.15, -0.1) is 0 Å². The van der Waals surface area contributed by atoms with Gasteiger partial charge in [-0.2, -0.15) is 0 Å². The molecule has 5 nitrogen and oxygen atoms in total. The molecule has 1 aliphatic heterocycles. The first-order valence-corrected chi connectivity index (χ1v) is 13.4. The summed E-state index contributed by atoms with van der Waals surface area (Å²) in [7, 11) is -9.94. The Morgan fingerprint density at radius 1 is 1.09 bits per heavy atom. The zero-order valence-corrected chi connectivity index (χ0v) is 20.3. The molecular formula is C24H28F5N3O2S. The van der Waals surface area contributed by atoms with Crippen LogP contribution < -0.4 is 10.3 Å². The molecular weight excluding hydrogens is 489 g/mol. The van der Waals surface area contributed by atoms with Gasteiger partial charge >= 0.3 is 10.2 Å². The van der Waals surface area contributed by atoms with Gasteiger partial charge in [0, 0.05) is 13.1 Å². The van der Waals surface area contributed by atoms with E-state index < -0.39 is 26.1 Å². The largest absolute Gasteiger partial charge is 0.494 e. The molecule has 0 bridgehead atoms. The van der Waals surface area contributed by atoms with Gasteiger partial charge in [0.1, 0.15) is 16.5 Å². The normalized spacial score (nSPS) is 19.3. The van der Waals surface area contributed by atoms with Gasteiger partial charge in [0.25, 0.3) is 5.56 Å². The molecule has 0 saturated carbocycles. The van der Waals surface area contributed by atoms with Gasteiger partial charge in [0.05, 0.1) is 23.2 Å². The predicted octanol–water partition coefficient (Wildman–Crippen LogP) is 6.85. The van der Waals surface area contributed by atoms with Crippen molar-refractivity contribution in [2.75, 3.05) is 26.2 Å². The van der Waals surface area contributed by atoms with Gasteiger partial charge in [0.15, 0.2) is 0 Å². The summed E-state index contributed by atoms with van der Waals surface area (Å²) in [6, 6.07) is 7.71. The van der Waals surface area contributed by atoms with E-state index in [0.29, 0.717) is 24.0 Å². The molecule has 1 aliphatic rings. The Balaban J connectivity index is 1.51. The molecule has 0 unspecified atom stereocenters. The standard InChI is InChI=1S/C24H28F5N3O2S/c1-17-5-3-12-31(16-17)13-4-14-34-20-8-6-19(7-9-20)32-18(2)30-23-11-10-21(15-22(23)24(32)33)35(25,26,27,28)29/h6-11,15,17H,3-5,12-14,16H2,1-2H3/t17-/m0/s1. The van der Waals surface area contributed by atoms with Gasteiger partial charge in [-0.25, -0.2) is 4.98 Å². The Labute approximate surface area is 200 Å². The Bertz CT molecular complexity index is 1290. The number of hydrogen-bond donors (Lipinski definition) is 0. The highest BCUT2D eigenvalue weighted by Gasteiger charge is 2.65. The minimum atomic E-state index is -9.94. The number of likely N-dealkylation sites (tertiary alicyclic amines) is 1. The van der Waals surface area contributed by atoms with Crippen molar-refractivity contribution < 1.29 is 24.2 Å². The number of hydrogen-bond acceptors (Lipinski definition) is 4. The van der Waals surface area contributed by atoms with E-state index in [9.17, 15) is 24.2 Å². The molecule has 1 saturated heterocycles. The lowest BCUT2D eigenvalue weighted by atomic mass is 10.0. The minimum Gasteiger partial charge on any atom is -0.494 e. The molecule has 1 atom stereocenters. The van der Waals surface area contributed by atoms with E-state index in [1.807, 2.05) is 0 Å².